The minimum atomic E-state index is -0.476. The number of aryl methyl sites for hydroxylation is 2. The molecule has 0 fully saturated rings. The number of carbonyl (C=O) groups is 1. The number of halogens is 2. The zero-order valence-corrected chi connectivity index (χ0v) is 12.1. The molecule has 0 spiro atoms. The topological polar surface area (TPSA) is 17.1 Å². The molecule has 1 nitrogen and oxygen atoms in total. The third-order valence-electron chi connectivity index (χ3n) is 3.32. The maximum atomic E-state index is 13.3. The first-order chi connectivity index (χ1) is 9.56. The third kappa shape index (κ3) is 3.91. The molecule has 2 rings (SSSR count). The Labute approximate surface area is 123 Å². The summed E-state index contributed by atoms with van der Waals surface area (Å²) >= 11 is 5.62. The monoisotopic (exact) mass is 290 g/mol. The normalized spacial score (nSPS) is 10.6. The van der Waals surface area contributed by atoms with Crippen LogP contribution in [0.1, 0.15) is 23.1 Å². The van der Waals surface area contributed by atoms with E-state index in [2.05, 4.69) is 0 Å². The van der Waals surface area contributed by atoms with Gasteiger partial charge >= 0.3 is 0 Å². The Morgan fingerprint density at radius 3 is 2.65 bits per heavy atom. The molecule has 0 aromatic heterocycles. The molecule has 104 valence electrons. The first-order valence-corrected chi connectivity index (χ1v) is 6.94. The van der Waals surface area contributed by atoms with Gasteiger partial charge in [-0.25, -0.2) is 4.39 Å². The largest absolute Gasteiger partial charge is 0.299 e. The van der Waals surface area contributed by atoms with Crippen LogP contribution in [0.2, 0.25) is 5.02 Å². The van der Waals surface area contributed by atoms with Gasteiger partial charge in [0.2, 0.25) is 0 Å². The van der Waals surface area contributed by atoms with Crippen LogP contribution in [0.4, 0.5) is 4.39 Å². The van der Waals surface area contributed by atoms with E-state index in [1.165, 1.54) is 23.3 Å². The van der Waals surface area contributed by atoms with Crippen LogP contribution < -0.4 is 0 Å². The number of rotatable bonds is 5. The molecule has 0 aliphatic carbocycles. The van der Waals surface area contributed by atoms with Gasteiger partial charge in [0.15, 0.2) is 0 Å². The van der Waals surface area contributed by atoms with Crippen molar-refractivity contribution in [3.8, 4) is 0 Å². The first-order valence-electron chi connectivity index (χ1n) is 6.56. The van der Waals surface area contributed by atoms with Crippen molar-refractivity contribution in [2.45, 2.75) is 26.2 Å². The maximum absolute atomic E-state index is 13.3. The summed E-state index contributed by atoms with van der Waals surface area (Å²) in [6, 6.07) is 12.5. The van der Waals surface area contributed by atoms with Crippen LogP contribution in [0.25, 0.3) is 0 Å². The lowest BCUT2D eigenvalue weighted by atomic mass is 10.00. The fourth-order valence-corrected chi connectivity index (χ4v) is 2.25. The minimum Gasteiger partial charge on any atom is -0.299 e. The summed E-state index contributed by atoms with van der Waals surface area (Å²) < 4.78 is 13.3. The van der Waals surface area contributed by atoms with Gasteiger partial charge in [-0.15, -0.1) is 0 Å². The summed E-state index contributed by atoms with van der Waals surface area (Å²) in [5, 5.41) is 0.0844. The third-order valence-corrected chi connectivity index (χ3v) is 3.63. The Morgan fingerprint density at radius 2 is 1.95 bits per heavy atom. The number of hydrogen-bond donors (Lipinski definition) is 0. The lowest BCUT2D eigenvalue weighted by molar-refractivity contribution is -0.118. The van der Waals surface area contributed by atoms with Crippen molar-refractivity contribution < 1.29 is 9.18 Å². The Kier molecular flexibility index (Phi) is 4.91. The zero-order chi connectivity index (χ0) is 14.5. The van der Waals surface area contributed by atoms with E-state index in [9.17, 15) is 9.18 Å². The Balaban J connectivity index is 1.93. The molecule has 0 saturated heterocycles. The number of Topliss-reactive ketones (excluding diaryl/α,β-unsaturated/α-hetero) is 1. The predicted molar refractivity (Wildman–Crippen MR) is 79.6 cm³/mol. The fourth-order valence-electron chi connectivity index (χ4n) is 2.13. The van der Waals surface area contributed by atoms with Crippen LogP contribution in [-0.4, -0.2) is 5.78 Å². The van der Waals surface area contributed by atoms with Crippen LogP contribution >= 0.6 is 11.6 Å². The highest BCUT2D eigenvalue weighted by atomic mass is 35.5. The molecule has 0 radical (unpaired) electrons. The molecule has 0 bridgehead atoms. The highest BCUT2D eigenvalue weighted by Gasteiger charge is 2.08. The molecule has 0 amide bonds. The molecule has 3 heteroatoms. The van der Waals surface area contributed by atoms with Crippen LogP contribution in [0.5, 0.6) is 0 Å². The number of ketones is 1. The van der Waals surface area contributed by atoms with Gasteiger partial charge in [-0.2, -0.15) is 0 Å². The van der Waals surface area contributed by atoms with Crippen LogP contribution in [-0.2, 0) is 17.6 Å². The smallest absolute Gasteiger partial charge is 0.142 e. The number of carbonyl (C=O) groups excluding carboxylic acids is 1. The summed E-state index contributed by atoms with van der Waals surface area (Å²) in [5.41, 5.74) is 3.04. The minimum absolute atomic E-state index is 0.0844. The van der Waals surface area contributed by atoms with Crippen molar-refractivity contribution in [1.82, 2.24) is 0 Å². The van der Waals surface area contributed by atoms with E-state index in [0.717, 1.165) is 6.42 Å². The van der Waals surface area contributed by atoms with Gasteiger partial charge in [0, 0.05) is 12.8 Å². The molecule has 0 heterocycles. The SMILES string of the molecule is Cc1ccccc1CCC(=O)Cc1ccc(Cl)c(F)c1. The second kappa shape index (κ2) is 6.67. The Hall–Kier alpha value is -1.67. The molecule has 0 saturated carbocycles. The van der Waals surface area contributed by atoms with E-state index >= 15 is 0 Å². The standard InChI is InChI=1S/C17H16ClFO/c1-12-4-2-3-5-14(12)7-8-15(20)10-13-6-9-16(18)17(19)11-13/h2-6,9,11H,7-8,10H2,1H3. The molecule has 0 aliphatic rings. The van der Waals surface area contributed by atoms with Crippen LogP contribution in [0, 0.1) is 12.7 Å². The van der Waals surface area contributed by atoms with Gasteiger partial charge in [-0.3, -0.25) is 4.79 Å². The Morgan fingerprint density at radius 1 is 1.20 bits per heavy atom. The number of benzene rings is 2. The summed E-state index contributed by atoms with van der Waals surface area (Å²) in [4.78, 5) is 11.9. The molecule has 0 aliphatic heterocycles. The fraction of sp³-hybridized carbons (Fsp3) is 0.235. The summed E-state index contributed by atoms with van der Waals surface area (Å²) in [6.45, 7) is 2.04. The van der Waals surface area contributed by atoms with Gasteiger partial charge in [0.1, 0.15) is 11.6 Å². The average Bonchev–Trinajstić information content (AvgIpc) is 2.42. The zero-order valence-electron chi connectivity index (χ0n) is 11.3. The Bertz CT molecular complexity index is 622. The van der Waals surface area contributed by atoms with Crippen molar-refractivity contribution >= 4 is 17.4 Å². The molecule has 0 N–H and O–H groups in total. The van der Waals surface area contributed by atoms with E-state index in [1.54, 1.807) is 6.07 Å². The van der Waals surface area contributed by atoms with E-state index < -0.39 is 5.82 Å². The molecule has 0 atom stereocenters. The highest BCUT2D eigenvalue weighted by molar-refractivity contribution is 6.30. The van der Waals surface area contributed by atoms with Crippen molar-refractivity contribution in [1.29, 1.82) is 0 Å². The molecular weight excluding hydrogens is 275 g/mol. The van der Waals surface area contributed by atoms with Crippen LogP contribution in [0.15, 0.2) is 42.5 Å². The van der Waals surface area contributed by atoms with Crippen molar-refractivity contribution in [3.05, 3.63) is 70.0 Å². The highest BCUT2D eigenvalue weighted by Crippen LogP contribution is 2.17. The van der Waals surface area contributed by atoms with Gasteiger partial charge in [0.05, 0.1) is 5.02 Å². The summed E-state index contributed by atoms with van der Waals surface area (Å²) in [5.74, 6) is -0.370. The second-order valence-corrected chi connectivity index (χ2v) is 5.30. The van der Waals surface area contributed by atoms with Crippen LogP contribution in [0.3, 0.4) is 0 Å². The van der Waals surface area contributed by atoms with Gasteiger partial charge in [-0.05, 0) is 42.2 Å². The second-order valence-electron chi connectivity index (χ2n) is 4.89. The van der Waals surface area contributed by atoms with Gasteiger partial charge in [0.25, 0.3) is 0 Å². The first kappa shape index (κ1) is 14.7. The summed E-state index contributed by atoms with van der Waals surface area (Å²) in [7, 11) is 0. The van der Waals surface area contributed by atoms with Crippen molar-refractivity contribution in [2.24, 2.45) is 0 Å². The molecule has 2 aromatic rings. The average molecular weight is 291 g/mol. The molecular formula is C17H16ClFO. The van der Waals surface area contributed by atoms with Crippen molar-refractivity contribution in [3.63, 3.8) is 0 Å². The molecule has 20 heavy (non-hydrogen) atoms. The van der Waals surface area contributed by atoms with E-state index in [1.807, 2.05) is 31.2 Å². The lowest BCUT2D eigenvalue weighted by Gasteiger charge is -2.05. The van der Waals surface area contributed by atoms with E-state index in [4.69, 9.17) is 11.6 Å². The number of hydrogen-bond acceptors (Lipinski definition) is 1. The van der Waals surface area contributed by atoms with Gasteiger partial charge < -0.3 is 0 Å². The maximum Gasteiger partial charge on any atom is 0.142 e. The van der Waals surface area contributed by atoms with Crippen molar-refractivity contribution in [2.75, 3.05) is 0 Å². The lowest BCUT2D eigenvalue weighted by Crippen LogP contribution is -2.05. The van der Waals surface area contributed by atoms with Gasteiger partial charge in [-0.1, -0.05) is 41.9 Å². The molecule has 2 aromatic carbocycles. The summed E-state index contributed by atoms with van der Waals surface area (Å²) in [6.07, 6.45) is 1.44. The van der Waals surface area contributed by atoms with E-state index in [-0.39, 0.29) is 17.2 Å². The quantitative estimate of drug-likeness (QED) is 0.790. The van der Waals surface area contributed by atoms with E-state index in [0.29, 0.717) is 12.0 Å². The predicted octanol–water partition coefficient (Wildman–Crippen LogP) is 4.53. The molecule has 0 unspecified atom stereocenters.